The number of ether oxygens (including phenoxy) is 3. The maximum absolute atomic E-state index is 12.0. The van der Waals surface area contributed by atoms with Crippen molar-refractivity contribution >= 4 is 5.97 Å². The van der Waals surface area contributed by atoms with E-state index in [-0.39, 0.29) is 5.97 Å². The van der Waals surface area contributed by atoms with E-state index < -0.39 is 5.41 Å². The molecule has 1 aromatic carbocycles. The van der Waals surface area contributed by atoms with E-state index in [4.69, 9.17) is 14.2 Å². The Morgan fingerprint density at radius 2 is 2.00 bits per heavy atom. The van der Waals surface area contributed by atoms with E-state index in [9.17, 15) is 4.79 Å². The predicted molar refractivity (Wildman–Crippen MR) is 64.9 cm³/mol. The summed E-state index contributed by atoms with van der Waals surface area (Å²) in [6.07, 6.45) is 0.833. The van der Waals surface area contributed by atoms with Crippen LogP contribution < -0.4 is 9.47 Å². The van der Waals surface area contributed by atoms with Crippen molar-refractivity contribution in [1.29, 1.82) is 0 Å². The fourth-order valence-electron chi connectivity index (χ4n) is 2.73. The van der Waals surface area contributed by atoms with E-state index >= 15 is 0 Å². The molecule has 0 aromatic heterocycles. The van der Waals surface area contributed by atoms with Crippen molar-refractivity contribution in [1.82, 2.24) is 0 Å². The summed E-state index contributed by atoms with van der Waals surface area (Å²) in [6.45, 7) is 3.19. The largest absolute Gasteiger partial charge is 0.486 e. The fraction of sp³-hybridized carbons (Fsp3) is 0.500. The molecular weight excluding hydrogens is 232 g/mol. The van der Waals surface area contributed by atoms with Crippen LogP contribution in [-0.2, 0) is 14.9 Å². The molecule has 1 aromatic rings. The number of benzene rings is 1. The van der Waals surface area contributed by atoms with Gasteiger partial charge in [0.05, 0.1) is 12.5 Å². The zero-order valence-corrected chi connectivity index (χ0v) is 10.6. The fourth-order valence-corrected chi connectivity index (χ4v) is 2.73. The van der Waals surface area contributed by atoms with E-state index in [0.29, 0.717) is 19.1 Å². The van der Waals surface area contributed by atoms with Gasteiger partial charge >= 0.3 is 5.97 Å². The van der Waals surface area contributed by atoms with Crippen LogP contribution in [0.25, 0.3) is 0 Å². The van der Waals surface area contributed by atoms with Crippen LogP contribution in [0.2, 0.25) is 0 Å². The van der Waals surface area contributed by atoms with Crippen LogP contribution in [0.5, 0.6) is 11.5 Å². The van der Waals surface area contributed by atoms with Gasteiger partial charge in [-0.2, -0.15) is 0 Å². The molecule has 1 aliphatic carbocycles. The predicted octanol–water partition coefficient (Wildman–Crippen LogP) is 1.91. The average molecular weight is 248 g/mol. The first-order valence-corrected chi connectivity index (χ1v) is 6.17. The zero-order chi connectivity index (χ0) is 12.8. The number of hydrogen-bond donors (Lipinski definition) is 0. The highest BCUT2D eigenvalue weighted by Gasteiger charge is 2.59. The average Bonchev–Trinajstić information content (AvgIpc) is 3.10. The topological polar surface area (TPSA) is 44.8 Å². The summed E-state index contributed by atoms with van der Waals surface area (Å²) in [7, 11) is 1.44. The molecular formula is C14H16O4. The third-order valence-corrected chi connectivity index (χ3v) is 3.92. The lowest BCUT2D eigenvalue weighted by molar-refractivity contribution is -0.144. The Bertz CT molecular complexity index is 497. The molecule has 4 nitrogen and oxygen atoms in total. The van der Waals surface area contributed by atoms with Gasteiger partial charge in [0.2, 0.25) is 0 Å². The second-order valence-corrected chi connectivity index (χ2v) is 4.93. The summed E-state index contributed by atoms with van der Waals surface area (Å²) in [5, 5.41) is 0. The first-order valence-electron chi connectivity index (χ1n) is 6.17. The molecule has 0 saturated heterocycles. The summed E-state index contributed by atoms with van der Waals surface area (Å²) in [4.78, 5) is 12.0. The number of rotatable bonds is 2. The third kappa shape index (κ3) is 1.48. The lowest BCUT2D eigenvalue weighted by Crippen LogP contribution is -2.24. The van der Waals surface area contributed by atoms with Gasteiger partial charge < -0.3 is 14.2 Å². The molecule has 1 aliphatic heterocycles. The molecule has 4 heteroatoms. The molecule has 1 fully saturated rings. The van der Waals surface area contributed by atoms with Gasteiger partial charge in [-0.05, 0) is 30.0 Å². The van der Waals surface area contributed by atoms with Gasteiger partial charge in [-0.3, -0.25) is 4.79 Å². The van der Waals surface area contributed by atoms with Crippen molar-refractivity contribution in [3.05, 3.63) is 23.8 Å². The lowest BCUT2D eigenvalue weighted by atomic mass is 9.93. The SMILES string of the molecule is COC(=O)C1(c2ccc3c(c2)OCCO3)CC1C. The van der Waals surface area contributed by atoms with Crippen LogP contribution in [0.3, 0.4) is 0 Å². The highest BCUT2D eigenvalue weighted by molar-refractivity contribution is 5.87. The van der Waals surface area contributed by atoms with Crippen LogP contribution in [-0.4, -0.2) is 26.3 Å². The van der Waals surface area contributed by atoms with Gasteiger partial charge in [0.25, 0.3) is 0 Å². The van der Waals surface area contributed by atoms with Crippen LogP contribution in [0.4, 0.5) is 0 Å². The van der Waals surface area contributed by atoms with Crippen LogP contribution in [0, 0.1) is 5.92 Å². The van der Waals surface area contributed by atoms with Crippen molar-refractivity contribution in [3.8, 4) is 11.5 Å². The number of carbonyl (C=O) groups excluding carboxylic acids is 1. The minimum atomic E-state index is -0.482. The second kappa shape index (κ2) is 3.90. The Morgan fingerprint density at radius 1 is 1.33 bits per heavy atom. The van der Waals surface area contributed by atoms with Crippen molar-refractivity contribution in [2.24, 2.45) is 5.92 Å². The van der Waals surface area contributed by atoms with Crippen LogP contribution in [0.15, 0.2) is 18.2 Å². The van der Waals surface area contributed by atoms with Crippen LogP contribution in [0.1, 0.15) is 18.9 Å². The van der Waals surface area contributed by atoms with Gasteiger partial charge in [0.1, 0.15) is 13.2 Å². The number of hydrogen-bond acceptors (Lipinski definition) is 4. The Kier molecular flexibility index (Phi) is 2.47. The van der Waals surface area contributed by atoms with Gasteiger partial charge in [-0.15, -0.1) is 0 Å². The van der Waals surface area contributed by atoms with Gasteiger partial charge in [0, 0.05) is 0 Å². The summed E-state index contributed by atoms with van der Waals surface area (Å²) in [5.74, 6) is 1.62. The quantitative estimate of drug-likeness (QED) is 0.750. The molecule has 2 atom stereocenters. The maximum atomic E-state index is 12.0. The number of carbonyl (C=O) groups is 1. The Hall–Kier alpha value is -1.71. The van der Waals surface area contributed by atoms with Crippen molar-refractivity contribution < 1.29 is 19.0 Å². The zero-order valence-electron chi connectivity index (χ0n) is 10.6. The molecule has 18 heavy (non-hydrogen) atoms. The van der Waals surface area contributed by atoms with E-state index in [1.54, 1.807) is 0 Å². The van der Waals surface area contributed by atoms with E-state index in [2.05, 4.69) is 6.92 Å². The number of fused-ring (bicyclic) bond motifs is 1. The molecule has 0 bridgehead atoms. The standard InChI is InChI=1S/C14H16O4/c1-9-8-14(9,13(15)16-2)10-3-4-11-12(7-10)18-6-5-17-11/h3-4,7,9H,5-6,8H2,1-2H3. The summed E-state index contributed by atoms with van der Waals surface area (Å²) < 4.78 is 16.0. The summed E-state index contributed by atoms with van der Waals surface area (Å²) in [5.41, 5.74) is 0.482. The summed E-state index contributed by atoms with van der Waals surface area (Å²) in [6, 6.07) is 5.72. The van der Waals surface area contributed by atoms with Gasteiger partial charge in [0.15, 0.2) is 11.5 Å². The smallest absolute Gasteiger partial charge is 0.316 e. The maximum Gasteiger partial charge on any atom is 0.316 e. The first kappa shape index (κ1) is 11.4. The molecule has 3 rings (SSSR count). The van der Waals surface area contributed by atoms with E-state index in [1.165, 1.54) is 7.11 Å². The first-order chi connectivity index (χ1) is 8.68. The molecule has 0 radical (unpaired) electrons. The number of esters is 1. The molecule has 0 spiro atoms. The minimum Gasteiger partial charge on any atom is -0.486 e. The van der Waals surface area contributed by atoms with Crippen molar-refractivity contribution in [2.75, 3.05) is 20.3 Å². The molecule has 2 unspecified atom stereocenters. The molecule has 1 heterocycles. The molecule has 2 aliphatic rings. The van der Waals surface area contributed by atoms with Crippen molar-refractivity contribution in [2.45, 2.75) is 18.8 Å². The second-order valence-electron chi connectivity index (χ2n) is 4.93. The molecule has 0 N–H and O–H groups in total. The monoisotopic (exact) mass is 248 g/mol. The molecule has 96 valence electrons. The summed E-state index contributed by atoms with van der Waals surface area (Å²) >= 11 is 0. The Morgan fingerprint density at radius 3 is 2.61 bits per heavy atom. The van der Waals surface area contributed by atoms with Gasteiger partial charge in [-0.1, -0.05) is 13.0 Å². The minimum absolute atomic E-state index is 0.160. The van der Waals surface area contributed by atoms with E-state index in [0.717, 1.165) is 23.5 Å². The molecule has 1 saturated carbocycles. The van der Waals surface area contributed by atoms with E-state index in [1.807, 2.05) is 18.2 Å². The van der Waals surface area contributed by atoms with Crippen molar-refractivity contribution in [3.63, 3.8) is 0 Å². The van der Waals surface area contributed by atoms with Gasteiger partial charge in [-0.25, -0.2) is 0 Å². The third-order valence-electron chi connectivity index (χ3n) is 3.92. The highest BCUT2D eigenvalue weighted by atomic mass is 16.6. The normalized spacial score (nSPS) is 28.7. The number of methoxy groups -OCH3 is 1. The molecule has 0 amide bonds. The lowest BCUT2D eigenvalue weighted by Gasteiger charge is -2.21. The highest BCUT2D eigenvalue weighted by Crippen LogP contribution is 2.55. The Balaban J connectivity index is 1.99. The van der Waals surface area contributed by atoms with Crippen LogP contribution >= 0.6 is 0 Å². The Labute approximate surface area is 106 Å².